The van der Waals surface area contributed by atoms with E-state index >= 15 is 0 Å². The molecular weight excluding hydrogens is 438 g/mol. The second-order valence-corrected chi connectivity index (χ2v) is 7.75. The van der Waals surface area contributed by atoms with Crippen molar-refractivity contribution in [2.24, 2.45) is 5.10 Å². The third-order valence-corrected chi connectivity index (χ3v) is 5.54. The minimum Gasteiger partial charge on any atom is -0.507 e. The van der Waals surface area contributed by atoms with Gasteiger partial charge < -0.3 is 19.6 Å². The average Bonchev–Trinajstić information content (AvgIpc) is 3.20. The van der Waals surface area contributed by atoms with Crippen LogP contribution in [-0.2, 0) is 11.2 Å². The summed E-state index contributed by atoms with van der Waals surface area (Å²) in [7, 11) is 1.30. The van der Waals surface area contributed by atoms with Crippen LogP contribution >= 0.6 is 0 Å². The van der Waals surface area contributed by atoms with Gasteiger partial charge in [0.05, 0.1) is 23.9 Å². The molecule has 0 saturated carbocycles. The van der Waals surface area contributed by atoms with E-state index in [4.69, 9.17) is 4.42 Å². The summed E-state index contributed by atoms with van der Waals surface area (Å²) in [5.41, 5.74) is 5.40. The Bertz CT molecular complexity index is 1290. The highest BCUT2D eigenvalue weighted by molar-refractivity contribution is 6.09. The van der Waals surface area contributed by atoms with Crippen LogP contribution in [0.15, 0.2) is 58.0 Å². The number of nitrogens with one attached hydrogen (secondary N) is 2. The van der Waals surface area contributed by atoms with E-state index in [1.54, 1.807) is 43.3 Å². The van der Waals surface area contributed by atoms with Crippen LogP contribution in [-0.4, -0.2) is 35.7 Å². The van der Waals surface area contributed by atoms with E-state index < -0.39 is 17.8 Å². The molecular formula is C25H23N3O6. The van der Waals surface area contributed by atoms with Gasteiger partial charge in [-0.25, -0.2) is 10.2 Å². The number of carbonyl (C=O) groups is 3. The van der Waals surface area contributed by atoms with E-state index in [1.807, 2.05) is 0 Å². The minimum atomic E-state index is -0.535. The first-order valence-corrected chi connectivity index (χ1v) is 10.7. The first-order valence-electron chi connectivity index (χ1n) is 10.7. The summed E-state index contributed by atoms with van der Waals surface area (Å²) in [5, 5.41) is 16.9. The molecule has 0 bridgehead atoms. The molecule has 9 heteroatoms. The van der Waals surface area contributed by atoms with Crippen molar-refractivity contribution >= 4 is 29.2 Å². The summed E-state index contributed by atoms with van der Waals surface area (Å²) >= 11 is 0. The van der Waals surface area contributed by atoms with Crippen LogP contribution in [0.5, 0.6) is 5.75 Å². The average molecular weight is 461 g/mol. The number of carbonyl (C=O) groups excluding carboxylic acids is 3. The van der Waals surface area contributed by atoms with Gasteiger partial charge in [-0.05, 0) is 56.2 Å². The summed E-state index contributed by atoms with van der Waals surface area (Å²) in [6.45, 7) is 1.77. The van der Waals surface area contributed by atoms with Crippen molar-refractivity contribution in [3.05, 3.63) is 82.3 Å². The smallest absolute Gasteiger partial charge is 0.337 e. The summed E-state index contributed by atoms with van der Waals surface area (Å²) in [6, 6.07) is 12.5. The molecule has 0 radical (unpaired) electrons. The predicted molar refractivity (Wildman–Crippen MR) is 124 cm³/mol. The maximum atomic E-state index is 12.9. The van der Waals surface area contributed by atoms with Gasteiger partial charge in [0, 0.05) is 23.2 Å². The summed E-state index contributed by atoms with van der Waals surface area (Å²) in [4.78, 5) is 36.9. The van der Waals surface area contributed by atoms with Crippen molar-refractivity contribution in [2.75, 3.05) is 12.4 Å². The topological polar surface area (TPSA) is 130 Å². The number of benzene rings is 2. The second kappa shape index (κ2) is 9.62. The van der Waals surface area contributed by atoms with Crippen LogP contribution in [0.3, 0.4) is 0 Å². The molecule has 0 fully saturated rings. The molecule has 1 aromatic heterocycles. The van der Waals surface area contributed by atoms with Gasteiger partial charge in [-0.1, -0.05) is 12.1 Å². The number of aryl methyl sites for hydroxylation is 1. The van der Waals surface area contributed by atoms with Crippen LogP contribution < -0.4 is 10.7 Å². The maximum Gasteiger partial charge on any atom is 0.337 e. The molecule has 0 aliphatic heterocycles. The van der Waals surface area contributed by atoms with E-state index in [0.717, 1.165) is 6.42 Å². The van der Waals surface area contributed by atoms with E-state index in [9.17, 15) is 19.5 Å². The predicted octanol–water partition coefficient (Wildman–Crippen LogP) is 3.80. The number of phenols is 1. The molecule has 2 amide bonds. The van der Waals surface area contributed by atoms with Crippen molar-refractivity contribution in [3.63, 3.8) is 0 Å². The fourth-order valence-electron chi connectivity index (χ4n) is 3.84. The number of methoxy groups -OCH3 is 1. The Morgan fingerprint density at radius 3 is 2.47 bits per heavy atom. The lowest BCUT2D eigenvalue weighted by molar-refractivity contribution is 0.0600. The number of esters is 1. The van der Waals surface area contributed by atoms with E-state index in [2.05, 4.69) is 20.6 Å². The number of furan rings is 1. The number of amides is 2. The molecule has 1 aliphatic carbocycles. The number of hydrogen-bond donors (Lipinski definition) is 3. The van der Waals surface area contributed by atoms with Crippen LogP contribution in [0, 0.1) is 6.92 Å². The Morgan fingerprint density at radius 1 is 1.03 bits per heavy atom. The monoisotopic (exact) mass is 461 g/mol. The second-order valence-electron chi connectivity index (χ2n) is 7.75. The minimum absolute atomic E-state index is 0.116. The molecule has 0 atom stereocenters. The highest BCUT2D eigenvalue weighted by atomic mass is 16.5. The van der Waals surface area contributed by atoms with Gasteiger partial charge in [-0.15, -0.1) is 0 Å². The highest BCUT2D eigenvalue weighted by Crippen LogP contribution is 2.30. The third kappa shape index (κ3) is 4.54. The molecule has 2 aromatic carbocycles. The Kier molecular flexibility index (Phi) is 6.44. The van der Waals surface area contributed by atoms with Gasteiger partial charge in [0.15, 0.2) is 5.76 Å². The molecule has 0 unspecified atom stereocenters. The molecule has 1 aliphatic rings. The molecule has 3 N–H and O–H groups in total. The normalized spacial score (nSPS) is 13.8. The lowest BCUT2D eigenvalue weighted by Crippen LogP contribution is -2.22. The molecule has 0 saturated heterocycles. The van der Waals surface area contributed by atoms with Crippen LogP contribution in [0.1, 0.15) is 61.0 Å². The first kappa shape index (κ1) is 22.8. The Hall–Kier alpha value is -4.40. The summed E-state index contributed by atoms with van der Waals surface area (Å²) in [6.07, 6.45) is 2.00. The number of rotatable bonds is 5. The van der Waals surface area contributed by atoms with E-state index in [1.165, 1.54) is 19.2 Å². The quantitative estimate of drug-likeness (QED) is 0.391. The number of fused-ring (bicyclic) bond motifs is 1. The SMILES string of the molecule is COC(=O)c1ccc(NC(=O)c2oc3c(c2C)/C(=N/NC(=O)c2ccccc2O)CCC3)cc1. The number of aromatic hydroxyl groups is 1. The molecule has 1 heterocycles. The maximum absolute atomic E-state index is 12.9. The third-order valence-electron chi connectivity index (χ3n) is 5.54. The van der Waals surface area contributed by atoms with Gasteiger partial charge in [0.2, 0.25) is 0 Å². The molecule has 3 aromatic rings. The van der Waals surface area contributed by atoms with Crippen molar-refractivity contribution < 1.29 is 28.6 Å². The van der Waals surface area contributed by atoms with Crippen LogP contribution in [0.2, 0.25) is 0 Å². The van der Waals surface area contributed by atoms with E-state index in [0.29, 0.717) is 46.7 Å². The lowest BCUT2D eigenvalue weighted by Gasteiger charge is -2.13. The van der Waals surface area contributed by atoms with Crippen molar-refractivity contribution in [2.45, 2.75) is 26.2 Å². The number of ether oxygens (including phenoxy) is 1. The zero-order valence-corrected chi connectivity index (χ0v) is 18.7. The highest BCUT2D eigenvalue weighted by Gasteiger charge is 2.28. The lowest BCUT2D eigenvalue weighted by atomic mass is 9.93. The Balaban J connectivity index is 1.53. The van der Waals surface area contributed by atoms with E-state index in [-0.39, 0.29) is 17.1 Å². The number of para-hydroxylation sites is 1. The van der Waals surface area contributed by atoms with Gasteiger partial charge in [0.25, 0.3) is 11.8 Å². The number of hydrazone groups is 1. The van der Waals surface area contributed by atoms with Crippen molar-refractivity contribution in [1.82, 2.24) is 5.43 Å². The fourth-order valence-corrected chi connectivity index (χ4v) is 3.84. The number of hydrogen-bond acceptors (Lipinski definition) is 7. The van der Waals surface area contributed by atoms with Crippen LogP contribution in [0.25, 0.3) is 0 Å². The first-order chi connectivity index (χ1) is 16.4. The molecule has 174 valence electrons. The summed E-state index contributed by atoms with van der Waals surface area (Å²) < 4.78 is 10.5. The van der Waals surface area contributed by atoms with Gasteiger partial charge in [-0.2, -0.15) is 5.10 Å². The summed E-state index contributed by atoms with van der Waals surface area (Å²) in [5.74, 6) is -0.784. The number of phenolic OH excluding ortho intramolecular Hbond substituents is 1. The Morgan fingerprint density at radius 2 is 1.76 bits per heavy atom. The number of anilines is 1. The Labute approximate surface area is 195 Å². The fraction of sp³-hybridized carbons (Fsp3) is 0.200. The number of nitrogens with zero attached hydrogens (tertiary/aromatic N) is 1. The molecule has 0 spiro atoms. The standard InChI is InChI=1S/C25H23N3O6/c1-14-21-18(27-28-23(30)17-6-3-4-8-19(17)29)7-5-9-20(21)34-22(14)24(31)26-16-12-10-15(11-13-16)25(32)33-2/h3-4,6,8,10-13,29H,5,7,9H2,1-2H3,(H,26,31)(H,28,30)/b27-18+. The van der Waals surface area contributed by atoms with Crippen LogP contribution in [0.4, 0.5) is 5.69 Å². The molecule has 34 heavy (non-hydrogen) atoms. The van der Waals surface area contributed by atoms with Crippen molar-refractivity contribution in [1.29, 1.82) is 0 Å². The molecule has 9 nitrogen and oxygen atoms in total. The van der Waals surface area contributed by atoms with Gasteiger partial charge in [0.1, 0.15) is 11.5 Å². The van der Waals surface area contributed by atoms with Gasteiger partial charge >= 0.3 is 5.97 Å². The van der Waals surface area contributed by atoms with Crippen molar-refractivity contribution in [3.8, 4) is 5.75 Å². The largest absolute Gasteiger partial charge is 0.507 e. The van der Waals surface area contributed by atoms with Gasteiger partial charge in [-0.3, -0.25) is 9.59 Å². The zero-order valence-electron chi connectivity index (χ0n) is 18.7. The molecule has 4 rings (SSSR count). The zero-order chi connectivity index (χ0) is 24.2.